The van der Waals surface area contributed by atoms with E-state index in [-0.39, 0.29) is 17.9 Å². The molecule has 1 aliphatic carbocycles. The molecule has 3 aromatic heterocycles. The van der Waals surface area contributed by atoms with Gasteiger partial charge in [-0.15, -0.1) is 11.3 Å². The molecule has 4 aromatic rings. The van der Waals surface area contributed by atoms with Gasteiger partial charge >= 0.3 is 0 Å². The van der Waals surface area contributed by atoms with Gasteiger partial charge in [0.05, 0.1) is 18.3 Å². The highest BCUT2D eigenvalue weighted by molar-refractivity contribution is 7.18. The lowest BCUT2D eigenvalue weighted by Crippen LogP contribution is -2.22. The summed E-state index contributed by atoms with van der Waals surface area (Å²) in [6.07, 6.45) is 5.79. The number of thiophene rings is 1. The lowest BCUT2D eigenvalue weighted by molar-refractivity contribution is 0.420. The van der Waals surface area contributed by atoms with Gasteiger partial charge in [0.2, 0.25) is 0 Å². The number of fused-ring (bicyclic) bond motifs is 3. The van der Waals surface area contributed by atoms with Crippen molar-refractivity contribution < 1.29 is 8.91 Å². The number of halogens is 1. The van der Waals surface area contributed by atoms with E-state index in [0.29, 0.717) is 17.3 Å². The molecule has 0 spiro atoms. The maximum Gasteiger partial charge on any atom is 0.262 e. The number of aromatic nitrogens is 4. The zero-order valence-corrected chi connectivity index (χ0v) is 15.1. The summed E-state index contributed by atoms with van der Waals surface area (Å²) < 4.78 is 19.8. The SMILES string of the molecule is O=c1c2c3c(sc2ncn1Cc1noc(-c2ccc(F)cc2)n1)CCCC3. The van der Waals surface area contributed by atoms with Crippen LogP contribution in [-0.4, -0.2) is 19.7 Å². The minimum Gasteiger partial charge on any atom is -0.334 e. The topological polar surface area (TPSA) is 73.8 Å². The molecular formula is C19H15FN4O2S. The third kappa shape index (κ3) is 2.86. The minimum atomic E-state index is -0.330. The van der Waals surface area contributed by atoms with Gasteiger partial charge in [-0.2, -0.15) is 4.98 Å². The fourth-order valence-electron chi connectivity index (χ4n) is 3.47. The first-order chi connectivity index (χ1) is 13.2. The van der Waals surface area contributed by atoms with Gasteiger partial charge in [-0.3, -0.25) is 9.36 Å². The lowest BCUT2D eigenvalue weighted by Gasteiger charge is -2.10. The maximum absolute atomic E-state index is 13.0. The van der Waals surface area contributed by atoms with Crippen molar-refractivity contribution in [3.8, 4) is 11.5 Å². The van der Waals surface area contributed by atoms with Crippen molar-refractivity contribution in [2.45, 2.75) is 32.2 Å². The van der Waals surface area contributed by atoms with Crippen LogP contribution in [-0.2, 0) is 19.4 Å². The molecule has 0 unspecified atom stereocenters. The van der Waals surface area contributed by atoms with Gasteiger partial charge in [-0.25, -0.2) is 9.37 Å². The Morgan fingerprint density at radius 3 is 2.85 bits per heavy atom. The van der Waals surface area contributed by atoms with Crippen molar-refractivity contribution in [1.29, 1.82) is 0 Å². The molecule has 1 aromatic carbocycles. The summed E-state index contributed by atoms with van der Waals surface area (Å²) in [6.45, 7) is 0.178. The standard InChI is InChI=1S/C19H15FN4O2S/c20-12-7-5-11(6-8-12)17-22-15(23-26-17)9-24-10-21-18-16(19(24)25)13-3-1-2-4-14(13)27-18/h5-8,10H,1-4,9H2. The number of benzene rings is 1. The van der Waals surface area contributed by atoms with Gasteiger partial charge in [0, 0.05) is 10.4 Å². The van der Waals surface area contributed by atoms with Crippen molar-refractivity contribution in [2.24, 2.45) is 0 Å². The highest BCUT2D eigenvalue weighted by Gasteiger charge is 2.20. The van der Waals surface area contributed by atoms with E-state index in [1.54, 1.807) is 29.8 Å². The number of nitrogens with zero attached hydrogens (tertiary/aromatic N) is 4. The van der Waals surface area contributed by atoms with Crippen LogP contribution >= 0.6 is 11.3 Å². The van der Waals surface area contributed by atoms with E-state index in [1.165, 1.54) is 28.0 Å². The van der Waals surface area contributed by atoms with Crippen molar-refractivity contribution >= 4 is 21.6 Å². The van der Waals surface area contributed by atoms with E-state index < -0.39 is 0 Å². The molecule has 6 nitrogen and oxygen atoms in total. The third-order valence-corrected chi connectivity index (χ3v) is 6.01. The normalized spacial score (nSPS) is 13.8. The van der Waals surface area contributed by atoms with E-state index in [0.717, 1.165) is 35.0 Å². The molecule has 0 saturated carbocycles. The molecule has 0 aliphatic heterocycles. The summed E-state index contributed by atoms with van der Waals surface area (Å²) in [5, 5.41) is 4.68. The summed E-state index contributed by atoms with van der Waals surface area (Å²) in [5.74, 6) is 0.338. The Labute approximate surface area is 157 Å². The molecule has 0 bridgehead atoms. The van der Waals surface area contributed by atoms with E-state index in [1.807, 2.05) is 0 Å². The molecule has 0 atom stereocenters. The number of hydrogen-bond acceptors (Lipinski definition) is 6. The molecule has 8 heteroatoms. The molecule has 0 N–H and O–H groups in total. The Morgan fingerprint density at radius 1 is 1.19 bits per heavy atom. The van der Waals surface area contributed by atoms with Gasteiger partial charge in [0.15, 0.2) is 5.82 Å². The second kappa shape index (κ2) is 6.38. The summed E-state index contributed by atoms with van der Waals surface area (Å²) in [5.41, 5.74) is 1.73. The number of aryl methyl sites for hydroxylation is 2. The summed E-state index contributed by atoms with van der Waals surface area (Å²) >= 11 is 1.63. The fraction of sp³-hybridized carbons (Fsp3) is 0.263. The summed E-state index contributed by atoms with van der Waals surface area (Å²) in [4.78, 5) is 23.9. The van der Waals surface area contributed by atoms with Crippen molar-refractivity contribution in [3.63, 3.8) is 0 Å². The average molecular weight is 382 g/mol. The van der Waals surface area contributed by atoms with Crippen LogP contribution in [0, 0.1) is 5.82 Å². The summed E-state index contributed by atoms with van der Waals surface area (Å²) in [7, 11) is 0. The van der Waals surface area contributed by atoms with Gasteiger partial charge in [0.1, 0.15) is 10.6 Å². The number of rotatable bonds is 3. The molecule has 0 radical (unpaired) electrons. The quantitative estimate of drug-likeness (QED) is 0.542. The van der Waals surface area contributed by atoms with E-state index >= 15 is 0 Å². The Kier molecular flexibility index (Phi) is 3.86. The van der Waals surface area contributed by atoms with Crippen LogP contribution in [0.2, 0.25) is 0 Å². The maximum atomic E-state index is 13.0. The Balaban J connectivity index is 1.49. The highest BCUT2D eigenvalue weighted by atomic mass is 32.1. The van der Waals surface area contributed by atoms with Gasteiger partial charge in [0.25, 0.3) is 11.4 Å². The van der Waals surface area contributed by atoms with Crippen LogP contribution in [0.5, 0.6) is 0 Å². The van der Waals surface area contributed by atoms with E-state index in [9.17, 15) is 9.18 Å². The van der Waals surface area contributed by atoms with Crippen molar-refractivity contribution in [1.82, 2.24) is 19.7 Å². The first kappa shape index (κ1) is 16.3. The third-order valence-electron chi connectivity index (χ3n) is 4.81. The van der Waals surface area contributed by atoms with Crippen LogP contribution in [0.15, 0.2) is 39.9 Å². The Bertz CT molecular complexity index is 1190. The first-order valence-electron chi connectivity index (χ1n) is 8.77. The molecule has 3 heterocycles. The van der Waals surface area contributed by atoms with Crippen LogP contribution in [0.1, 0.15) is 29.1 Å². The van der Waals surface area contributed by atoms with Crippen LogP contribution in [0.4, 0.5) is 4.39 Å². The van der Waals surface area contributed by atoms with E-state index in [4.69, 9.17) is 4.52 Å². The Hall–Kier alpha value is -2.87. The van der Waals surface area contributed by atoms with Gasteiger partial charge < -0.3 is 4.52 Å². The van der Waals surface area contributed by atoms with E-state index in [2.05, 4.69) is 15.1 Å². The molecular weight excluding hydrogens is 367 g/mol. The van der Waals surface area contributed by atoms with Gasteiger partial charge in [-0.1, -0.05) is 5.16 Å². The van der Waals surface area contributed by atoms with Crippen molar-refractivity contribution in [2.75, 3.05) is 0 Å². The zero-order valence-electron chi connectivity index (χ0n) is 14.3. The van der Waals surface area contributed by atoms with Gasteiger partial charge in [-0.05, 0) is 55.5 Å². The molecule has 0 fully saturated rings. The fourth-order valence-corrected chi connectivity index (χ4v) is 4.69. The minimum absolute atomic E-state index is 0.0625. The smallest absolute Gasteiger partial charge is 0.262 e. The molecule has 5 rings (SSSR count). The van der Waals surface area contributed by atoms with Crippen LogP contribution in [0.3, 0.4) is 0 Å². The Morgan fingerprint density at radius 2 is 2.00 bits per heavy atom. The lowest BCUT2D eigenvalue weighted by atomic mass is 9.97. The highest BCUT2D eigenvalue weighted by Crippen LogP contribution is 2.33. The second-order valence-corrected chi connectivity index (χ2v) is 7.67. The molecule has 1 aliphatic rings. The first-order valence-corrected chi connectivity index (χ1v) is 9.59. The molecule has 27 heavy (non-hydrogen) atoms. The average Bonchev–Trinajstić information content (AvgIpc) is 3.29. The van der Waals surface area contributed by atoms with Crippen molar-refractivity contribution in [3.05, 3.63) is 63.0 Å². The monoisotopic (exact) mass is 382 g/mol. The second-order valence-electron chi connectivity index (χ2n) is 6.59. The largest absolute Gasteiger partial charge is 0.334 e. The van der Waals surface area contributed by atoms with Crippen LogP contribution < -0.4 is 5.56 Å². The van der Waals surface area contributed by atoms with Crippen LogP contribution in [0.25, 0.3) is 21.7 Å². The molecule has 0 amide bonds. The number of hydrogen-bond donors (Lipinski definition) is 0. The zero-order chi connectivity index (χ0) is 18.4. The molecule has 0 saturated heterocycles. The predicted octanol–water partition coefficient (Wildman–Crippen LogP) is 3.57. The summed E-state index contributed by atoms with van der Waals surface area (Å²) in [6, 6.07) is 5.82. The molecule has 136 valence electrons. The predicted molar refractivity (Wildman–Crippen MR) is 99.3 cm³/mol.